The number of phenols is 2. The summed E-state index contributed by atoms with van der Waals surface area (Å²) in [5, 5.41) is 38.1. The molecule has 1 aromatic carbocycles. The van der Waals surface area contributed by atoms with Crippen molar-refractivity contribution in [2.45, 2.75) is 72.6 Å². The number of hydrogen-bond donors (Lipinski definition) is 4. The fourth-order valence-electron chi connectivity index (χ4n) is 3.28. The third kappa shape index (κ3) is 10.7. The first-order valence-electron chi connectivity index (χ1n) is 11.2. The molecule has 0 fully saturated rings. The van der Waals surface area contributed by atoms with Gasteiger partial charge in [-0.2, -0.15) is 0 Å². The van der Waals surface area contributed by atoms with Crippen molar-refractivity contribution >= 4 is 11.9 Å². The van der Waals surface area contributed by atoms with E-state index in [1.807, 2.05) is 45.9 Å². The lowest BCUT2D eigenvalue weighted by Crippen LogP contribution is -2.00. The highest BCUT2D eigenvalue weighted by Gasteiger charge is 2.12. The number of rotatable bonds is 13. The van der Waals surface area contributed by atoms with Crippen LogP contribution in [0.3, 0.4) is 0 Å². The largest absolute Gasteiger partial charge is 0.504 e. The first-order chi connectivity index (χ1) is 15.5. The van der Waals surface area contributed by atoms with Gasteiger partial charge in [0.25, 0.3) is 0 Å². The molecule has 6 heteroatoms. The first-order valence-corrected chi connectivity index (χ1v) is 11.2. The molecule has 1 aromatic rings. The third-order valence-electron chi connectivity index (χ3n) is 5.29. The van der Waals surface area contributed by atoms with E-state index in [9.17, 15) is 24.9 Å². The van der Waals surface area contributed by atoms with E-state index >= 15 is 0 Å². The summed E-state index contributed by atoms with van der Waals surface area (Å²) in [6.45, 7) is 8.01. The number of carbonyl (C=O) groups is 2. The molecular weight excluding hydrogens is 420 g/mol. The Kier molecular flexibility index (Phi) is 11.8. The summed E-state index contributed by atoms with van der Waals surface area (Å²) in [6, 6.07) is 2.40. The number of aromatic carboxylic acids is 1. The van der Waals surface area contributed by atoms with E-state index in [0.29, 0.717) is 30.4 Å². The average molecular weight is 457 g/mol. The molecule has 0 saturated carbocycles. The highest BCUT2D eigenvalue weighted by atomic mass is 16.4. The summed E-state index contributed by atoms with van der Waals surface area (Å²) in [5.74, 6) is -2.75. The van der Waals surface area contributed by atoms with Crippen molar-refractivity contribution < 1.29 is 30.0 Å². The van der Waals surface area contributed by atoms with Gasteiger partial charge in [0.05, 0.1) is 5.56 Å². The number of phenolic OH excluding ortho intramolecular Hbond substituents is 2. The summed E-state index contributed by atoms with van der Waals surface area (Å²) in [4.78, 5) is 22.5. The Labute approximate surface area is 196 Å². The standard InChI is InChI=1S/C27H36O6/c1-18(2)8-5-12-21(26(30)31)13-7-11-19(3)9-6-10-20(4)14-15-22-16-23(27(32)33)17-24(28)25(22)29/h8-9,13-14,16-17,28-29H,5-7,10-12,15H2,1-4H3,(H,30,31)(H,32,33)/b19-9+,20-14+,21-13-. The van der Waals surface area contributed by atoms with Crippen LogP contribution in [0.2, 0.25) is 0 Å². The van der Waals surface area contributed by atoms with Gasteiger partial charge < -0.3 is 20.4 Å². The minimum absolute atomic E-state index is 0.0676. The highest BCUT2D eigenvalue weighted by Crippen LogP contribution is 2.31. The first kappa shape index (κ1) is 27.8. The van der Waals surface area contributed by atoms with E-state index in [2.05, 4.69) is 6.08 Å². The Balaban J connectivity index is 2.58. The maximum atomic E-state index is 11.4. The monoisotopic (exact) mass is 456 g/mol. The average Bonchev–Trinajstić information content (AvgIpc) is 2.73. The van der Waals surface area contributed by atoms with Crippen LogP contribution in [0, 0.1) is 0 Å². The summed E-state index contributed by atoms with van der Waals surface area (Å²) in [7, 11) is 0. The second kappa shape index (κ2) is 14.0. The van der Waals surface area contributed by atoms with Gasteiger partial charge in [-0.25, -0.2) is 9.59 Å². The van der Waals surface area contributed by atoms with Gasteiger partial charge in [0.1, 0.15) is 0 Å². The summed E-state index contributed by atoms with van der Waals surface area (Å²) in [6.07, 6.45) is 12.6. The molecule has 0 heterocycles. The van der Waals surface area contributed by atoms with Crippen LogP contribution < -0.4 is 0 Å². The third-order valence-corrected chi connectivity index (χ3v) is 5.29. The van der Waals surface area contributed by atoms with E-state index < -0.39 is 17.7 Å². The number of aliphatic carboxylic acids is 1. The lowest BCUT2D eigenvalue weighted by Gasteiger charge is -2.07. The van der Waals surface area contributed by atoms with Crippen LogP contribution in [-0.2, 0) is 11.2 Å². The van der Waals surface area contributed by atoms with Gasteiger partial charge in [0, 0.05) is 11.1 Å². The maximum absolute atomic E-state index is 11.4. The fraction of sp³-hybridized carbons (Fsp3) is 0.407. The topological polar surface area (TPSA) is 115 Å². The van der Waals surface area contributed by atoms with Crippen molar-refractivity contribution in [3.8, 4) is 11.5 Å². The van der Waals surface area contributed by atoms with Gasteiger partial charge in [-0.15, -0.1) is 0 Å². The Morgan fingerprint density at radius 2 is 1.36 bits per heavy atom. The fourth-order valence-corrected chi connectivity index (χ4v) is 3.28. The molecule has 0 aliphatic heterocycles. The highest BCUT2D eigenvalue weighted by molar-refractivity contribution is 5.89. The maximum Gasteiger partial charge on any atom is 0.335 e. The minimum Gasteiger partial charge on any atom is -0.504 e. The van der Waals surface area contributed by atoms with Crippen LogP contribution in [0.5, 0.6) is 11.5 Å². The molecule has 0 spiro atoms. The summed E-state index contributed by atoms with van der Waals surface area (Å²) in [5.41, 5.74) is 4.23. The predicted octanol–water partition coefficient (Wildman–Crippen LogP) is 6.55. The zero-order valence-corrected chi connectivity index (χ0v) is 20.0. The van der Waals surface area contributed by atoms with Crippen molar-refractivity contribution in [3.63, 3.8) is 0 Å². The molecule has 0 atom stereocenters. The molecule has 0 aliphatic rings. The molecule has 4 N–H and O–H groups in total. The molecule has 180 valence electrons. The van der Waals surface area contributed by atoms with E-state index in [1.54, 1.807) is 0 Å². The molecule has 0 saturated heterocycles. The Morgan fingerprint density at radius 3 is 1.94 bits per heavy atom. The molecule has 0 aliphatic carbocycles. The van der Waals surface area contributed by atoms with E-state index in [4.69, 9.17) is 5.11 Å². The van der Waals surface area contributed by atoms with Crippen LogP contribution in [-0.4, -0.2) is 32.4 Å². The quantitative estimate of drug-likeness (QED) is 0.152. The Hall–Kier alpha value is -3.28. The van der Waals surface area contributed by atoms with Gasteiger partial charge in [-0.1, -0.05) is 41.0 Å². The normalized spacial score (nSPS) is 12.5. The van der Waals surface area contributed by atoms with Crippen molar-refractivity contribution in [1.82, 2.24) is 0 Å². The molecule has 0 amide bonds. The number of allylic oxidation sites excluding steroid dienone is 7. The van der Waals surface area contributed by atoms with Crippen molar-refractivity contribution in [2.24, 2.45) is 0 Å². The lowest BCUT2D eigenvalue weighted by molar-refractivity contribution is -0.132. The lowest BCUT2D eigenvalue weighted by atomic mass is 10.0. The predicted molar refractivity (Wildman–Crippen MR) is 131 cm³/mol. The van der Waals surface area contributed by atoms with Crippen LogP contribution in [0.25, 0.3) is 0 Å². The smallest absolute Gasteiger partial charge is 0.335 e. The zero-order valence-electron chi connectivity index (χ0n) is 20.0. The van der Waals surface area contributed by atoms with Gasteiger partial charge in [0.15, 0.2) is 11.5 Å². The van der Waals surface area contributed by atoms with Gasteiger partial charge >= 0.3 is 11.9 Å². The minimum atomic E-state index is -1.16. The van der Waals surface area contributed by atoms with Crippen molar-refractivity contribution in [3.05, 3.63) is 69.9 Å². The van der Waals surface area contributed by atoms with E-state index in [0.717, 1.165) is 37.3 Å². The molecule has 6 nitrogen and oxygen atoms in total. The Bertz CT molecular complexity index is 959. The van der Waals surface area contributed by atoms with Crippen molar-refractivity contribution in [1.29, 1.82) is 0 Å². The van der Waals surface area contributed by atoms with Crippen LogP contribution in [0.1, 0.15) is 82.1 Å². The van der Waals surface area contributed by atoms with Crippen LogP contribution in [0.15, 0.2) is 58.7 Å². The van der Waals surface area contributed by atoms with Gasteiger partial charge in [-0.05, 0) is 84.8 Å². The number of hydrogen-bond acceptors (Lipinski definition) is 4. The summed E-state index contributed by atoms with van der Waals surface area (Å²) < 4.78 is 0. The zero-order chi connectivity index (χ0) is 25.0. The van der Waals surface area contributed by atoms with Crippen LogP contribution >= 0.6 is 0 Å². The number of carboxylic acids is 2. The second-order valence-electron chi connectivity index (χ2n) is 8.55. The van der Waals surface area contributed by atoms with E-state index in [1.165, 1.54) is 17.2 Å². The molecule has 0 aromatic heterocycles. The second-order valence-corrected chi connectivity index (χ2v) is 8.55. The van der Waals surface area contributed by atoms with Gasteiger partial charge in [-0.3, -0.25) is 0 Å². The van der Waals surface area contributed by atoms with Crippen molar-refractivity contribution in [2.75, 3.05) is 0 Å². The van der Waals surface area contributed by atoms with E-state index in [-0.39, 0.29) is 11.3 Å². The molecular formula is C27H36O6. The van der Waals surface area contributed by atoms with Gasteiger partial charge in [0.2, 0.25) is 0 Å². The molecule has 0 radical (unpaired) electrons. The molecule has 1 rings (SSSR count). The molecule has 0 bridgehead atoms. The SMILES string of the molecule is CC(C)=CCC/C(=C/CC/C(C)=C/CC/C(C)=C/Cc1cc(C(=O)O)cc(O)c1O)C(=O)O. The molecule has 0 unspecified atom stereocenters. The van der Waals surface area contributed by atoms with Crippen LogP contribution in [0.4, 0.5) is 0 Å². The Morgan fingerprint density at radius 1 is 0.788 bits per heavy atom. The number of carboxylic acid groups (broad SMARTS) is 2. The number of benzene rings is 1. The number of aromatic hydroxyl groups is 2. The summed E-state index contributed by atoms with van der Waals surface area (Å²) >= 11 is 0. The molecule has 33 heavy (non-hydrogen) atoms.